The molecule has 76 valence electrons. The fraction of sp³-hybridized carbons (Fsp3) is 0.364. The molecule has 0 bridgehead atoms. The van der Waals surface area contributed by atoms with Crippen LogP contribution >= 0.6 is 0 Å². The van der Waals surface area contributed by atoms with Gasteiger partial charge >= 0.3 is 5.97 Å². The van der Waals surface area contributed by atoms with Gasteiger partial charge in [-0.3, -0.25) is 4.79 Å². The Balaban J connectivity index is 3.01. The van der Waals surface area contributed by atoms with Crippen LogP contribution in [0.15, 0.2) is 18.2 Å². The molecule has 0 amide bonds. The van der Waals surface area contributed by atoms with Crippen molar-refractivity contribution in [2.45, 2.75) is 19.9 Å². The number of methoxy groups -OCH3 is 1. The molecule has 0 aliphatic carbocycles. The maximum atomic E-state index is 11.2. The van der Waals surface area contributed by atoms with Crippen molar-refractivity contribution in [1.29, 1.82) is 0 Å². The van der Waals surface area contributed by atoms with E-state index in [1.54, 1.807) is 0 Å². The Morgan fingerprint density at radius 1 is 1.43 bits per heavy atom. The van der Waals surface area contributed by atoms with Gasteiger partial charge < -0.3 is 10.5 Å². The zero-order valence-corrected chi connectivity index (χ0v) is 8.70. The number of esters is 1. The fourth-order valence-corrected chi connectivity index (χ4v) is 1.43. The third kappa shape index (κ3) is 2.12. The van der Waals surface area contributed by atoms with Crippen LogP contribution in [0, 0.1) is 13.8 Å². The first-order valence-electron chi connectivity index (χ1n) is 4.47. The highest BCUT2D eigenvalue weighted by molar-refractivity contribution is 5.77. The average molecular weight is 193 g/mol. The van der Waals surface area contributed by atoms with E-state index in [2.05, 4.69) is 4.74 Å². The maximum absolute atomic E-state index is 11.2. The summed E-state index contributed by atoms with van der Waals surface area (Å²) in [6, 6.07) is 5.12. The van der Waals surface area contributed by atoms with Crippen molar-refractivity contribution in [1.82, 2.24) is 0 Å². The number of carbonyl (C=O) groups excluding carboxylic acids is 1. The molecule has 0 radical (unpaired) electrons. The third-order valence-electron chi connectivity index (χ3n) is 2.22. The van der Waals surface area contributed by atoms with Crippen LogP contribution in [0.4, 0.5) is 0 Å². The SMILES string of the molecule is COC(=O)C(N)c1ccc(C)cc1C. The highest BCUT2D eigenvalue weighted by Gasteiger charge is 2.17. The number of aryl methyl sites for hydroxylation is 2. The molecule has 0 spiro atoms. The fourth-order valence-electron chi connectivity index (χ4n) is 1.43. The molecule has 3 nitrogen and oxygen atoms in total. The number of benzene rings is 1. The summed E-state index contributed by atoms with van der Waals surface area (Å²) in [4.78, 5) is 11.2. The number of hydrogen-bond acceptors (Lipinski definition) is 3. The Morgan fingerprint density at radius 2 is 2.07 bits per heavy atom. The monoisotopic (exact) mass is 193 g/mol. The number of nitrogens with two attached hydrogens (primary N) is 1. The van der Waals surface area contributed by atoms with Crippen molar-refractivity contribution in [3.05, 3.63) is 34.9 Å². The second-order valence-corrected chi connectivity index (χ2v) is 3.36. The smallest absolute Gasteiger partial charge is 0.327 e. The Kier molecular flexibility index (Phi) is 3.25. The molecule has 0 aliphatic rings. The highest BCUT2D eigenvalue weighted by Crippen LogP contribution is 2.17. The van der Waals surface area contributed by atoms with Gasteiger partial charge in [0.05, 0.1) is 7.11 Å². The maximum Gasteiger partial charge on any atom is 0.327 e. The van der Waals surface area contributed by atoms with Crippen LogP contribution in [0.3, 0.4) is 0 Å². The molecule has 0 saturated carbocycles. The van der Waals surface area contributed by atoms with E-state index in [1.165, 1.54) is 7.11 Å². The predicted molar refractivity (Wildman–Crippen MR) is 54.9 cm³/mol. The van der Waals surface area contributed by atoms with Crippen molar-refractivity contribution in [2.75, 3.05) is 7.11 Å². The molecule has 2 N–H and O–H groups in total. The van der Waals surface area contributed by atoms with Crippen LogP contribution < -0.4 is 5.73 Å². The topological polar surface area (TPSA) is 52.3 Å². The van der Waals surface area contributed by atoms with E-state index < -0.39 is 12.0 Å². The molecule has 0 aliphatic heterocycles. The summed E-state index contributed by atoms with van der Waals surface area (Å²) in [5.41, 5.74) is 8.72. The second kappa shape index (κ2) is 4.24. The number of hydrogen-bond donors (Lipinski definition) is 1. The first-order chi connectivity index (χ1) is 6.56. The van der Waals surface area contributed by atoms with Gasteiger partial charge in [0, 0.05) is 0 Å². The molecular weight excluding hydrogens is 178 g/mol. The number of ether oxygens (including phenoxy) is 1. The van der Waals surface area contributed by atoms with E-state index in [1.807, 2.05) is 32.0 Å². The number of carbonyl (C=O) groups is 1. The largest absolute Gasteiger partial charge is 0.468 e. The van der Waals surface area contributed by atoms with Crippen LogP contribution in [0.1, 0.15) is 22.7 Å². The summed E-state index contributed by atoms with van der Waals surface area (Å²) in [7, 11) is 1.34. The molecule has 0 heterocycles. The quantitative estimate of drug-likeness (QED) is 0.724. The minimum atomic E-state index is -0.680. The number of rotatable bonds is 2. The van der Waals surface area contributed by atoms with Crippen molar-refractivity contribution in [3.63, 3.8) is 0 Å². The first-order valence-corrected chi connectivity index (χ1v) is 4.47. The summed E-state index contributed by atoms with van der Waals surface area (Å²) in [6.45, 7) is 3.94. The summed E-state index contributed by atoms with van der Waals surface area (Å²) < 4.78 is 4.59. The molecule has 0 aromatic heterocycles. The summed E-state index contributed by atoms with van der Waals surface area (Å²) in [6.07, 6.45) is 0. The molecule has 1 atom stereocenters. The van der Waals surface area contributed by atoms with E-state index in [4.69, 9.17) is 5.73 Å². The van der Waals surface area contributed by atoms with Gasteiger partial charge in [-0.15, -0.1) is 0 Å². The minimum absolute atomic E-state index is 0.406. The average Bonchev–Trinajstić information content (AvgIpc) is 2.15. The van der Waals surface area contributed by atoms with E-state index >= 15 is 0 Å². The zero-order valence-electron chi connectivity index (χ0n) is 8.70. The molecule has 0 saturated heterocycles. The standard InChI is InChI=1S/C11H15NO2/c1-7-4-5-9(8(2)6-7)10(12)11(13)14-3/h4-6,10H,12H2,1-3H3. The van der Waals surface area contributed by atoms with Crippen molar-refractivity contribution >= 4 is 5.97 Å². The van der Waals surface area contributed by atoms with Gasteiger partial charge in [-0.25, -0.2) is 0 Å². The first kappa shape index (κ1) is 10.7. The van der Waals surface area contributed by atoms with Crippen LogP contribution in [-0.4, -0.2) is 13.1 Å². The lowest BCUT2D eigenvalue weighted by Crippen LogP contribution is -2.23. The summed E-state index contributed by atoms with van der Waals surface area (Å²) >= 11 is 0. The van der Waals surface area contributed by atoms with E-state index in [0.717, 1.165) is 16.7 Å². The minimum Gasteiger partial charge on any atom is -0.468 e. The Morgan fingerprint density at radius 3 is 2.57 bits per heavy atom. The van der Waals surface area contributed by atoms with Crippen LogP contribution in [0.25, 0.3) is 0 Å². The summed E-state index contributed by atoms with van der Waals surface area (Å²) in [5, 5.41) is 0. The van der Waals surface area contributed by atoms with Crippen molar-refractivity contribution in [2.24, 2.45) is 5.73 Å². The lowest BCUT2D eigenvalue weighted by molar-refractivity contribution is -0.142. The van der Waals surface area contributed by atoms with E-state index in [-0.39, 0.29) is 0 Å². The molecule has 1 rings (SSSR count). The van der Waals surface area contributed by atoms with Gasteiger partial charge in [0.15, 0.2) is 0 Å². The molecule has 0 fully saturated rings. The normalized spacial score (nSPS) is 12.3. The Labute approximate surface area is 83.9 Å². The molecular formula is C11H15NO2. The second-order valence-electron chi connectivity index (χ2n) is 3.36. The van der Waals surface area contributed by atoms with Crippen molar-refractivity contribution in [3.8, 4) is 0 Å². The lowest BCUT2D eigenvalue weighted by Gasteiger charge is -2.12. The van der Waals surface area contributed by atoms with Crippen LogP contribution in [-0.2, 0) is 9.53 Å². The molecule has 3 heteroatoms. The Hall–Kier alpha value is -1.35. The third-order valence-corrected chi connectivity index (χ3v) is 2.22. The predicted octanol–water partition coefficient (Wildman–Crippen LogP) is 1.48. The van der Waals surface area contributed by atoms with Crippen molar-refractivity contribution < 1.29 is 9.53 Å². The lowest BCUT2D eigenvalue weighted by atomic mass is 10.00. The van der Waals surface area contributed by atoms with Gasteiger partial charge in [-0.1, -0.05) is 23.8 Å². The molecule has 1 aromatic rings. The highest BCUT2D eigenvalue weighted by atomic mass is 16.5. The van der Waals surface area contributed by atoms with E-state index in [0.29, 0.717) is 0 Å². The molecule has 1 aromatic carbocycles. The molecule has 14 heavy (non-hydrogen) atoms. The Bertz CT molecular complexity index is 347. The van der Waals surface area contributed by atoms with Crippen LogP contribution in [0.5, 0.6) is 0 Å². The van der Waals surface area contributed by atoms with Gasteiger partial charge in [-0.05, 0) is 25.0 Å². The van der Waals surface area contributed by atoms with Gasteiger partial charge in [0.1, 0.15) is 6.04 Å². The van der Waals surface area contributed by atoms with Gasteiger partial charge in [0.25, 0.3) is 0 Å². The summed E-state index contributed by atoms with van der Waals surface area (Å²) in [5.74, 6) is -0.406. The van der Waals surface area contributed by atoms with Gasteiger partial charge in [0.2, 0.25) is 0 Å². The zero-order chi connectivity index (χ0) is 10.7. The van der Waals surface area contributed by atoms with Gasteiger partial charge in [-0.2, -0.15) is 0 Å². The van der Waals surface area contributed by atoms with E-state index in [9.17, 15) is 4.79 Å². The molecule has 1 unspecified atom stereocenters. The van der Waals surface area contributed by atoms with Crippen LogP contribution in [0.2, 0.25) is 0 Å².